The maximum atomic E-state index is 12.3. The van der Waals surface area contributed by atoms with Crippen LogP contribution in [0.5, 0.6) is 5.75 Å². The summed E-state index contributed by atoms with van der Waals surface area (Å²) in [5.74, 6) is 2.09. The number of nitrogens with one attached hydrogen (secondary N) is 1. The third-order valence-electron chi connectivity index (χ3n) is 4.28. The Morgan fingerprint density at radius 2 is 1.90 bits per heavy atom. The highest BCUT2D eigenvalue weighted by atomic mass is 32.2. The van der Waals surface area contributed by atoms with Crippen LogP contribution < -0.4 is 14.4 Å². The molecule has 0 saturated heterocycles. The Balaban J connectivity index is 1.79. The average Bonchev–Trinajstić information content (AvgIpc) is 2.70. The van der Waals surface area contributed by atoms with E-state index in [0.717, 1.165) is 28.5 Å². The molecule has 0 heterocycles. The molecule has 0 spiro atoms. The second kappa shape index (κ2) is 11.9. The zero-order valence-corrected chi connectivity index (χ0v) is 19.4. The Hall–Kier alpha value is -2.19. The van der Waals surface area contributed by atoms with Crippen LogP contribution in [0.1, 0.15) is 24.5 Å². The molecule has 0 fully saturated rings. The number of thioether (sulfide) groups is 1. The lowest BCUT2D eigenvalue weighted by molar-refractivity contribution is -0.119. The van der Waals surface area contributed by atoms with Crippen molar-refractivity contribution in [1.29, 1.82) is 0 Å². The molecule has 6 nitrogen and oxygen atoms in total. The summed E-state index contributed by atoms with van der Waals surface area (Å²) in [5, 5.41) is 2.81. The molecule has 8 heteroatoms. The molecule has 30 heavy (non-hydrogen) atoms. The van der Waals surface area contributed by atoms with Crippen molar-refractivity contribution in [3.63, 3.8) is 0 Å². The first-order chi connectivity index (χ1) is 14.3. The lowest BCUT2D eigenvalue weighted by atomic mass is 10.2. The molecule has 164 valence electrons. The maximum Gasteiger partial charge on any atom is 0.240 e. The third-order valence-corrected chi connectivity index (χ3v) is 6.54. The zero-order chi connectivity index (χ0) is 22.0. The van der Waals surface area contributed by atoms with Gasteiger partial charge in [0.2, 0.25) is 15.9 Å². The van der Waals surface area contributed by atoms with E-state index in [9.17, 15) is 13.2 Å². The molecule has 0 atom stereocenters. The van der Waals surface area contributed by atoms with Crippen LogP contribution in [0.15, 0.2) is 48.5 Å². The molecule has 2 aromatic rings. The van der Waals surface area contributed by atoms with E-state index in [2.05, 4.69) is 36.5 Å². The number of carbonyl (C=O) groups is 1. The monoisotopic (exact) mass is 450 g/mol. The summed E-state index contributed by atoms with van der Waals surface area (Å²) in [5.41, 5.74) is 2.94. The summed E-state index contributed by atoms with van der Waals surface area (Å²) in [6.07, 6.45) is 1.91. The van der Waals surface area contributed by atoms with Crippen molar-refractivity contribution in [2.75, 3.05) is 36.0 Å². The van der Waals surface area contributed by atoms with Crippen LogP contribution in [0.25, 0.3) is 0 Å². The van der Waals surface area contributed by atoms with Gasteiger partial charge in [-0.05, 0) is 43.7 Å². The summed E-state index contributed by atoms with van der Waals surface area (Å²) in [7, 11) is -3.60. The number of benzene rings is 2. The van der Waals surface area contributed by atoms with E-state index in [1.165, 1.54) is 11.1 Å². The van der Waals surface area contributed by atoms with Gasteiger partial charge in [0, 0.05) is 18.4 Å². The predicted octanol–water partition coefficient (Wildman–Crippen LogP) is 3.60. The molecule has 0 radical (unpaired) electrons. The third kappa shape index (κ3) is 8.28. The molecule has 0 aromatic heterocycles. The van der Waals surface area contributed by atoms with E-state index in [1.54, 1.807) is 24.3 Å². The maximum absolute atomic E-state index is 12.3. The van der Waals surface area contributed by atoms with Crippen LogP contribution in [0.4, 0.5) is 5.69 Å². The van der Waals surface area contributed by atoms with Crippen LogP contribution in [0, 0.1) is 6.92 Å². The first-order valence-electron chi connectivity index (χ1n) is 9.90. The number of rotatable bonds is 12. The molecule has 1 N–H and O–H groups in total. The van der Waals surface area contributed by atoms with Crippen molar-refractivity contribution in [2.45, 2.75) is 26.0 Å². The SMILES string of the molecule is CCOc1cccc(N(CC(=O)NCCCSCc2ccc(C)cc2)S(C)(=O)=O)c1. The van der Waals surface area contributed by atoms with Crippen molar-refractivity contribution in [1.82, 2.24) is 5.32 Å². The second-order valence-electron chi connectivity index (χ2n) is 6.94. The number of amides is 1. The Bertz CT molecular complexity index is 915. The number of ether oxygens (including phenoxy) is 1. The van der Waals surface area contributed by atoms with Crippen molar-refractivity contribution in [3.05, 3.63) is 59.7 Å². The number of hydrogen-bond donors (Lipinski definition) is 1. The lowest BCUT2D eigenvalue weighted by Gasteiger charge is -2.22. The number of sulfonamides is 1. The molecule has 0 aliphatic rings. The smallest absolute Gasteiger partial charge is 0.240 e. The summed E-state index contributed by atoms with van der Waals surface area (Å²) in [4.78, 5) is 12.3. The molecule has 0 aliphatic heterocycles. The van der Waals surface area contributed by atoms with E-state index in [4.69, 9.17) is 4.74 Å². The topological polar surface area (TPSA) is 75.7 Å². The molecule has 2 aromatic carbocycles. The van der Waals surface area contributed by atoms with E-state index in [1.807, 2.05) is 18.7 Å². The van der Waals surface area contributed by atoms with Crippen LogP contribution in [-0.2, 0) is 20.6 Å². The quantitative estimate of drug-likeness (QED) is 0.500. The lowest BCUT2D eigenvalue weighted by Crippen LogP contribution is -2.40. The average molecular weight is 451 g/mol. The summed E-state index contributed by atoms with van der Waals surface area (Å²) < 4.78 is 30.9. The molecule has 0 saturated carbocycles. The van der Waals surface area contributed by atoms with E-state index >= 15 is 0 Å². The fourth-order valence-electron chi connectivity index (χ4n) is 2.76. The van der Waals surface area contributed by atoms with Gasteiger partial charge in [0.15, 0.2) is 0 Å². The van der Waals surface area contributed by atoms with Gasteiger partial charge in [-0.2, -0.15) is 11.8 Å². The fraction of sp³-hybridized carbons (Fsp3) is 0.409. The van der Waals surface area contributed by atoms with Crippen molar-refractivity contribution in [2.24, 2.45) is 0 Å². The molecule has 2 rings (SSSR count). The van der Waals surface area contributed by atoms with Crippen molar-refractivity contribution in [3.8, 4) is 5.75 Å². The summed E-state index contributed by atoms with van der Waals surface area (Å²) in [6.45, 7) is 4.65. The van der Waals surface area contributed by atoms with E-state index in [-0.39, 0.29) is 12.5 Å². The van der Waals surface area contributed by atoms with E-state index < -0.39 is 10.0 Å². The van der Waals surface area contributed by atoms with Gasteiger partial charge in [-0.15, -0.1) is 0 Å². The van der Waals surface area contributed by atoms with Crippen molar-refractivity contribution >= 4 is 33.4 Å². The van der Waals surface area contributed by atoms with Gasteiger partial charge in [0.25, 0.3) is 0 Å². The number of anilines is 1. The van der Waals surface area contributed by atoms with Crippen LogP contribution >= 0.6 is 11.8 Å². The second-order valence-corrected chi connectivity index (χ2v) is 9.95. The van der Waals surface area contributed by atoms with Gasteiger partial charge in [0.05, 0.1) is 18.6 Å². The number of carbonyl (C=O) groups excluding carboxylic acids is 1. The van der Waals surface area contributed by atoms with Crippen LogP contribution in [0.2, 0.25) is 0 Å². The summed E-state index contributed by atoms with van der Waals surface area (Å²) >= 11 is 1.81. The highest BCUT2D eigenvalue weighted by Crippen LogP contribution is 2.23. The minimum Gasteiger partial charge on any atom is -0.494 e. The molecule has 0 aliphatic carbocycles. The number of aryl methyl sites for hydroxylation is 1. The van der Waals surface area contributed by atoms with Gasteiger partial charge in [-0.25, -0.2) is 8.42 Å². The molecular weight excluding hydrogens is 420 g/mol. The molecular formula is C22H30N2O4S2. The van der Waals surface area contributed by atoms with E-state index in [0.29, 0.717) is 24.6 Å². The van der Waals surface area contributed by atoms with Gasteiger partial charge in [-0.3, -0.25) is 9.10 Å². The van der Waals surface area contributed by atoms with Crippen LogP contribution in [0.3, 0.4) is 0 Å². The first kappa shape index (κ1) is 24.1. The minimum atomic E-state index is -3.60. The zero-order valence-electron chi connectivity index (χ0n) is 17.8. The predicted molar refractivity (Wildman–Crippen MR) is 125 cm³/mol. The molecule has 0 bridgehead atoms. The van der Waals surface area contributed by atoms with Gasteiger partial charge >= 0.3 is 0 Å². The fourth-order valence-corrected chi connectivity index (χ4v) is 4.53. The van der Waals surface area contributed by atoms with Crippen LogP contribution in [-0.4, -0.2) is 46.0 Å². The molecule has 0 unspecified atom stereocenters. The summed E-state index contributed by atoms with van der Waals surface area (Å²) in [6, 6.07) is 15.2. The largest absolute Gasteiger partial charge is 0.494 e. The van der Waals surface area contributed by atoms with Gasteiger partial charge < -0.3 is 10.1 Å². The van der Waals surface area contributed by atoms with Gasteiger partial charge in [-0.1, -0.05) is 35.9 Å². The normalized spacial score (nSPS) is 11.2. The Morgan fingerprint density at radius 1 is 1.17 bits per heavy atom. The number of nitrogens with zero attached hydrogens (tertiary/aromatic N) is 1. The van der Waals surface area contributed by atoms with Gasteiger partial charge in [0.1, 0.15) is 12.3 Å². The molecule has 1 amide bonds. The minimum absolute atomic E-state index is 0.259. The first-order valence-corrected chi connectivity index (χ1v) is 12.9. The number of hydrogen-bond acceptors (Lipinski definition) is 5. The standard InChI is InChI=1S/C22H30N2O4S2/c1-4-28-21-8-5-7-20(15-21)24(30(3,26)27)16-22(25)23-13-6-14-29-17-19-11-9-18(2)10-12-19/h5,7-12,15H,4,6,13-14,16-17H2,1-3H3,(H,23,25). The van der Waals surface area contributed by atoms with Crippen molar-refractivity contribution < 1.29 is 17.9 Å². The highest BCUT2D eigenvalue weighted by molar-refractivity contribution is 7.98. The Kier molecular flexibility index (Phi) is 9.52. The highest BCUT2D eigenvalue weighted by Gasteiger charge is 2.21. The Labute approximate surface area is 184 Å². The Morgan fingerprint density at radius 3 is 2.57 bits per heavy atom.